The highest BCUT2D eigenvalue weighted by molar-refractivity contribution is 5.97. The van der Waals surface area contributed by atoms with E-state index in [1.165, 1.54) is 38.2 Å². The molecule has 19 heavy (non-hydrogen) atoms. The third-order valence-corrected chi connectivity index (χ3v) is 3.29. The molecule has 1 N–H and O–H groups in total. The largest absolute Gasteiger partial charge is 0.478 e. The van der Waals surface area contributed by atoms with Gasteiger partial charge in [-0.2, -0.15) is 0 Å². The van der Waals surface area contributed by atoms with Crippen molar-refractivity contribution >= 4 is 12.3 Å². The molecule has 0 radical (unpaired) electrons. The molecule has 0 aliphatic carbocycles. The predicted molar refractivity (Wildman–Crippen MR) is 75.9 cm³/mol. The van der Waals surface area contributed by atoms with Crippen molar-refractivity contribution in [2.45, 2.75) is 51.9 Å². The standard InChI is InChI=1S/C16H22O3/c1-2-3-4-5-6-7-8-13-9-10-15(16(18)19)14(11-13)12-17/h9-12H,2-8H2,1H3,(H,18,19). The number of hydrogen-bond acceptors (Lipinski definition) is 2. The zero-order chi connectivity index (χ0) is 14.1. The maximum atomic E-state index is 10.9. The zero-order valence-corrected chi connectivity index (χ0v) is 11.5. The Bertz CT molecular complexity index is 424. The van der Waals surface area contributed by atoms with Gasteiger partial charge < -0.3 is 5.11 Å². The summed E-state index contributed by atoms with van der Waals surface area (Å²) in [5, 5.41) is 8.93. The van der Waals surface area contributed by atoms with Gasteiger partial charge in [-0.3, -0.25) is 4.79 Å². The Morgan fingerprint density at radius 3 is 2.47 bits per heavy atom. The maximum absolute atomic E-state index is 10.9. The van der Waals surface area contributed by atoms with Crippen LogP contribution in [0.15, 0.2) is 18.2 Å². The zero-order valence-electron chi connectivity index (χ0n) is 11.5. The molecule has 3 nitrogen and oxygen atoms in total. The van der Waals surface area contributed by atoms with E-state index in [9.17, 15) is 9.59 Å². The Morgan fingerprint density at radius 1 is 1.16 bits per heavy atom. The van der Waals surface area contributed by atoms with Gasteiger partial charge >= 0.3 is 5.97 Å². The van der Waals surface area contributed by atoms with Crippen LogP contribution in [0.5, 0.6) is 0 Å². The van der Waals surface area contributed by atoms with Crippen LogP contribution < -0.4 is 0 Å². The number of carboxylic acid groups (broad SMARTS) is 1. The fourth-order valence-corrected chi connectivity index (χ4v) is 2.17. The number of aldehydes is 1. The summed E-state index contributed by atoms with van der Waals surface area (Å²) < 4.78 is 0. The normalized spacial score (nSPS) is 10.4. The third kappa shape index (κ3) is 5.25. The molecule has 0 aliphatic rings. The van der Waals surface area contributed by atoms with E-state index in [0.29, 0.717) is 6.29 Å². The van der Waals surface area contributed by atoms with Crippen molar-refractivity contribution < 1.29 is 14.7 Å². The Balaban J connectivity index is 2.47. The van der Waals surface area contributed by atoms with E-state index >= 15 is 0 Å². The van der Waals surface area contributed by atoms with Gasteiger partial charge in [0.25, 0.3) is 0 Å². The first-order valence-electron chi connectivity index (χ1n) is 7.00. The Labute approximate surface area is 114 Å². The molecular formula is C16H22O3. The molecule has 3 heteroatoms. The second-order valence-corrected chi connectivity index (χ2v) is 4.86. The van der Waals surface area contributed by atoms with Gasteiger partial charge in [-0.1, -0.05) is 45.1 Å². The van der Waals surface area contributed by atoms with Crippen molar-refractivity contribution in [1.82, 2.24) is 0 Å². The van der Waals surface area contributed by atoms with Crippen LogP contribution in [0.1, 0.15) is 71.7 Å². The van der Waals surface area contributed by atoms with E-state index < -0.39 is 5.97 Å². The molecule has 0 bridgehead atoms. The molecule has 0 amide bonds. The molecule has 0 fully saturated rings. The lowest BCUT2D eigenvalue weighted by atomic mass is 10.0. The summed E-state index contributed by atoms with van der Waals surface area (Å²) in [6.07, 6.45) is 8.89. The summed E-state index contributed by atoms with van der Waals surface area (Å²) >= 11 is 0. The number of unbranched alkanes of at least 4 members (excludes halogenated alkanes) is 5. The van der Waals surface area contributed by atoms with Gasteiger partial charge in [0, 0.05) is 5.56 Å². The van der Waals surface area contributed by atoms with Gasteiger partial charge in [-0.15, -0.1) is 0 Å². The number of aryl methyl sites for hydroxylation is 1. The van der Waals surface area contributed by atoms with Crippen LogP contribution >= 0.6 is 0 Å². The van der Waals surface area contributed by atoms with Crippen LogP contribution in [-0.2, 0) is 6.42 Å². The quantitative estimate of drug-likeness (QED) is 0.538. The molecule has 0 heterocycles. The molecule has 1 rings (SSSR count). The average molecular weight is 262 g/mol. The van der Waals surface area contributed by atoms with Crippen molar-refractivity contribution in [3.05, 3.63) is 34.9 Å². The molecule has 104 valence electrons. The molecule has 0 saturated heterocycles. The number of carbonyl (C=O) groups excluding carboxylic acids is 1. The fourth-order valence-electron chi connectivity index (χ4n) is 2.17. The molecule has 0 saturated carbocycles. The molecule has 0 spiro atoms. The van der Waals surface area contributed by atoms with E-state index in [0.717, 1.165) is 18.4 Å². The lowest BCUT2D eigenvalue weighted by Crippen LogP contribution is -2.02. The minimum absolute atomic E-state index is 0.0849. The number of carboxylic acids is 1. The lowest BCUT2D eigenvalue weighted by Gasteiger charge is -2.05. The van der Waals surface area contributed by atoms with Gasteiger partial charge in [0.2, 0.25) is 0 Å². The molecule has 0 aromatic heterocycles. The lowest BCUT2D eigenvalue weighted by molar-refractivity contribution is 0.0694. The van der Waals surface area contributed by atoms with Crippen molar-refractivity contribution in [3.8, 4) is 0 Å². The first kappa shape index (κ1) is 15.4. The minimum atomic E-state index is -1.05. The highest BCUT2D eigenvalue weighted by Gasteiger charge is 2.09. The minimum Gasteiger partial charge on any atom is -0.478 e. The molecule has 0 atom stereocenters. The number of hydrogen-bond donors (Lipinski definition) is 1. The summed E-state index contributed by atoms with van der Waals surface area (Å²) in [7, 11) is 0. The van der Waals surface area contributed by atoms with Gasteiger partial charge in [0.15, 0.2) is 6.29 Å². The monoisotopic (exact) mass is 262 g/mol. The SMILES string of the molecule is CCCCCCCCc1ccc(C(=O)O)c(C=O)c1. The second-order valence-electron chi connectivity index (χ2n) is 4.86. The van der Waals surface area contributed by atoms with Gasteiger partial charge in [-0.25, -0.2) is 4.79 Å². The van der Waals surface area contributed by atoms with Crippen LogP contribution in [0.2, 0.25) is 0 Å². The second kappa shape index (κ2) is 8.46. The molecule has 0 unspecified atom stereocenters. The molecule has 1 aromatic carbocycles. The van der Waals surface area contributed by atoms with Crippen molar-refractivity contribution in [3.63, 3.8) is 0 Å². The highest BCUT2D eigenvalue weighted by Crippen LogP contribution is 2.14. The summed E-state index contributed by atoms with van der Waals surface area (Å²) in [6, 6.07) is 5.03. The number of benzene rings is 1. The third-order valence-electron chi connectivity index (χ3n) is 3.29. The van der Waals surface area contributed by atoms with Gasteiger partial charge in [0.05, 0.1) is 5.56 Å². The first-order valence-corrected chi connectivity index (χ1v) is 7.00. The Kier molecular flexibility index (Phi) is 6.86. The van der Waals surface area contributed by atoms with Crippen molar-refractivity contribution in [2.75, 3.05) is 0 Å². The van der Waals surface area contributed by atoms with E-state index in [4.69, 9.17) is 5.11 Å². The van der Waals surface area contributed by atoms with E-state index in [1.54, 1.807) is 6.07 Å². The van der Waals surface area contributed by atoms with Crippen LogP contribution in [0.4, 0.5) is 0 Å². The topological polar surface area (TPSA) is 54.4 Å². The van der Waals surface area contributed by atoms with Crippen LogP contribution in [-0.4, -0.2) is 17.4 Å². The number of carbonyl (C=O) groups is 2. The van der Waals surface area contributed by atoms with Gasteiger partial charge in [0.1, 0.15) is 0 Å². The summed E-state index contributed by atoms with van der Waals surface area (Å²) in [5.41, 5.74) is 1.40. The molecule has 1 aromatic rings. The van der Waals surface area contributed by atoms with Crippen LogP contribution in [0, 0.1) is 0 Å². The maximum Gasteiger partial charge on any atom is 0.336 e. The fraction of sp³-hybridized carbons (Fsp3) is 0.500. The molecular weight excluding hydrogens is 240 g/mol. The van der Waals surface area contributed by atoms with Crippen molar-refractivity contribution in [1.29, 1.82) is 0 Å². The van der Waals surface area contributed by atoms with Crippen LogP contribution in [0.25, 0.3) is 0 Å². The van der Waals surface area contributed by atoms with E-state index in [-0.39, 0.29) is 11.1 Å². The van der Waals surface area contributed by atoms with Gasteiger partial charge in [-0.05, 0) is 30.5 Å². The number of aromatic carboxylic acids is 1. The Morgan fingerprint density at radius 2 is 1.84 bits per heavy atom. The first-order chi connectivity index (χ1) is 9.19. The Hall–Kier alpha value is -1.64. The predicted octanol–water partition coefficient (Wildman–Crippen LogP) is 4.10. The molecule has 0 aliphatic heterocycles. The van der Waals surface area contributed by atoms with Crippen molar-refractivity contribution in [2.24, 2.45) is 0 Å². The summed E-state index contributed by atoms with van der Waals surface area (Å²) in [4.78, 5) is 21.8. The van der Waals surface area contributed by atoms with Crippen LogP contribution in [0.3, 0.4) is 0 Å². The smallest absolute Gasteiger partial charge is 0.336 e. The van der Waals surface area contributed by atoms with E-state index in [1.807, 2.05) is 6.07 Å². The average Bonchev–Trinajstić information content (AvgIpc) is 2.42. The summed E-state index contributed by atoms with van der Waals surface area (Å²) in [5.74, 6) is -1.05. The summed E-state index contributed by atoms with van der Waals surface area (Å²) in [6.45, 7) is 2.20. The highest BCUT2D eigenvalue weighted by atomic mass is 16.4. The number of rotatable bonds is 9. The van der Waals surface area contributed by atoms with E-state index in [2.05, 4.69) is 6.92 Å².